The van der Waals surface area contributed by atoms with Crippen LogP contribution in [0.15, 0.2) is 18.7 Å². The van der Waals surface area contributed by atoms with E-state index in [2.05, 4.69) is 52.9 Å². The normalized spacial score (nSPS) is 11.6. The van der Waals surface area contributed by atoms with Gasteiger partial charge in [0.15, 0.2) is 0 Å². The summed E-state index contributed by atoms with van der Waals surface area (Å²) < 4.78 is 1.70. The van der Waals surface area contributed by atoms with Gasteiger partial charge in [-0.1, -0.05) is 27.7 Å². The van der Waals surface area contributed by atoms with Crippen molar-refractivity contribution in [3.8, 4) is 5.95 Å². The third-order valence-electron chi connectivity index (χ3n) is 3.58. The van der Waals surface area contributed by atoms with Gasteiger partial charge in [-0.2, -0.15) is 15.0 Å². The van der Waals surface area contributed by atoms with Gasteiger partial charge in [-0.3, -0.25) is 4.57 Å². The van der Waals surface area contributed by atoms with Gasteiger partial charge in [-0.15, -0.1) is 0 Å². The third-order valence-corrected chi connectivity index (χ3v) is 3.58. The Morgan fingerprint density at radius 2 is 1.86 bits per heavy atom. The summed E-state index contributed by atoms with van der Waals surface area (Å²) in [4.78, 5) is 16.6. The lowest BCUT2D eigenvalue weighted by atomic mass is 9.85. The quantitative estimate of drug-likeness (QED) is 0.844. The van der Waals surface area contributed by atoms with Crippen molar-refractivity contribution >= 4 is 11.9 Å². The average Bonchev–Trinajstić information content (AvgIpc) is 2.91. The molecule has 2 heterocycles. The highest BCUT2D eigenvalue weighted by Gasteiger charge is 2.18. The molecule has 0 aliphatic rings. The van der Waals surface area contributed by atoms with Gasteiger partial charge in [0.25, 0.3) is 0 Å². The van der Waals surface area contributed by atoms with Gasteiger partial charge in [0.1, 0.15) is 6.33 Å². The molecule has 0 saturated heterocycles. The zero-order chi connectivity index (χ0) is 15.4. The molecule has 0 fully saturated rings. The highest BCUT2D eigenvalue weighted by molar-refractivity contribution is 5.35. The first-order chi connectivity index (χ1) is 9.97. The highest BCUT2D eigenvalue weighted by Crippen LogP contribution is 2.20. The number of aromatic nitrogens is 5. The molecule has 2 rings (SSSR count). The largest absolute Gasteiger partial charge is 0.368 e. The lowest BCUT2D eigenvalue weighted by molar-refractivity contribution is 0.304. The Morgan fingerprint density at radius 3 is 2.43 bits per heavy atom. The van der Waals surface area contributed by atoms with Gasteiger partial charge >= 0.3 is 0 Å². The maximum atomic E-state index is 5.76. The fraction of sp³-hybridized carbons (Fsp3) is 0.571. The number of hydrogen-bond acceptors (Lipinski definition) is 6. The molecular weight excluding hydrogens is 266 g/mol. The number of anilines is 2. The number of nitrogens with two attached hydrogens (primary N) is 1. The van der Waals surface area contributed by atoms with Gasteiger partial charge in [-0.05, 0) is 17.8 Å². The van der Waals surface area contributed by atoms with E-state index >= 15 is 0 Å². The molecule has 114 valence electrons. The molecule has 0 radical (unpaired) electrons. The summed E-state index contributed by atoms with van der Waals surface area (Å²) in [5.41, 5.74) is 5.76. The monoisotopic (exact) mass is 289 g/mol. The molecule has 21 heavy (non-hydrogen) atoms. The maximum absolute atomic E-state index is 5.76. The Kier molecular flexibility index (Phi) is 4.72. The van der Waals surface area contributed by atoms with E-state index in [1.807, 2.05) is 0 Å². The Hall–Kier alpha value is -2.18. The van der Waals surface area contributed by atoms with E-state index < -0.39 is 0 Å². The predicted molar refractivity (Wildman–Crippen MR) is 83.0 cm³/mol. The van der Waals surface area contributed by atoms with Crippen molar-refractivity contribution in [2.24, 2.45) is 17.8 Å². The third kappa shape index (κ3) is 3.90. The predicted octanol–water partition coefficient (Wildman–Crippen LogP) is 1.98. The van der Waals surface area contributed by atoms with E-state index in [1.165, 1.54) is 0 Å². The van der Waals surface area contributed by atoms with Crippen LogP contribution in [0.25, 0.3) is 5.95 Å². The lowest BCUT2D eigenvalue weighted by Crippen LogP contribution is -2.25. The summed E-state index contributed by atoms with van der Waals surface area (Å²) in [6, 6.07) is 0. The van der Waals surface area contributed by atoms with E-state index in [4.69, 9.17) is 5.73 Å². The summed E-state index contributed by atoms with van der Waals surface area (Å²) in [5, 5.41) is 3.27. The fourth-order valence-electron chi connectivity index (χ4n) is 2.40. The van der Waals surface area contributed by atoms with Crippen LogP contribution in [0.5, 0.6) is 0 Å². The van der Waals surface area contributed by atoms with Gasteiger partial charge in [0.05, 0.1) is 0 Å². The molecular formula is C14H23N7. The van der Waals surface area contributed by atoms with Gasteiger partial charge in [0, 0.05) is 18.9 Å². The van der Waals surface area contributed by atoms with Crippen LogP contribution in [-0.2, 0) is 0 Å². The van der Waals surface area contributed by atoms with Crippen LogP contribution < -0.4 is 11.1 Å². The summed E-state index contributed by atoms with van der Waals surface area (Å²) >= 11 is 0. The second kappa shape index (κ2) is 6.51. The van der Waals surface area contributed by atoms with Crippen molar-refractivity contribution < 1.29 is 0 Å². The van der Waals surface area contributed by atoms with Gasteiger partial charge < -0.3 is 11.1 Å². The lowest BCUT2D eigenvalue weighted by Gasteiger charge is -2.25. The molecule has 0 saturated carbocycles. The summed E-state index contributed by atoms with van der Waals surface area (Å²) in [6.45, 7) is 9.72. The van der Waals surface area contributed by atoms with Crippen molar-refractivity contribution in [2.45, 2.75) is 27.7 Å². The van der Waals surface area contributed by atoms with E-state index in [0.717, 1.165) is 6.54 Å². The first kappa shape index (κ1) is 15.2. The molecule has 2 aromatic rings. The number of nitrogens with zero attached hydrogens (tertiary/aromatic N) is 5. The molecule has 0 atom stereocenters. The van der Waals surface area contributed by atoms with Crippen molar-refractivity contribution in [3.05, 3.63) is 18.7 Å². The molecule has 0 amide bonds. The average molecular weight is 289 g/mol. The van der Waals surface area contributed by atoms with E-state index in [1.54, 1.807) is 23.3 Å². The van der Waals surface area contributed by atoms with Crippen LogP contribution >= 0.6 is 0 Å². The summed E-state index contributed by atoms with van der Waals surface area (Å²) in [7, 11) is 0. The molecule has 7 heteroatoms. The molecule has 0 bridgehead atoms. The van der Waals surface area contributed by atoms with E-state index in [-0.39, 0.29) is 5.95 Å². The van der Waals surface area contributed by atoms with Gasteiger partial charge in [0.2, 0.25) is 17.8 Å². The molecule has 3 N–H and O–H groups in total. The first-order valence-electron chi connectivity index (χ1n) is 7.21. The molecule has 0 aliphatic carbocycles. The van der Waals surface area contributed by atoms with Crippen molar-refractivity contribution in [2.75, 3.05) is 17.6 Å². The Balaban J connectivity index is 2.13. The van der Waals surface area contributed by atoms with E-state index in [0.29, 0.717) is 29.7 Å². The molecule has 0 spiro atoms. The standard InChI is InChI=1S/C14H23N7/c1-9(2)11(10(3)4)7-17-13-18-12(15)19-14(20-13)21-6-5-16-8-21/h5-6,8-11H,7H2,1-4H3,(H3,15,17,18,19,20). The van der Waals surface area contributed by atoms with Gasteiger partial charge in [-0.25, -0.2) is 4.98 Å². The van der Waals surface area contributed by atoms with Crippen molar-refractivity contribution in [1.82, 2.24) is 24.5 Å². The zero-order valence-electron chi connectivity index (χ0n) is 13.0. The van der Waals surface area contributed by atoms with E-state index in [9.17, 15) is 0 Å². The first-order valence-corrected chi connectivity index (χ1v) is 7.21. The summed E-state index contributed by atoms with van der Waals surface area (Å²) in [6.07, 6.45) is 5.06. The molecule has 2 aromatic heterocycles. The number of rotatable bonds is 6. The minimum absolute atomic E-state index is 0.196. The highest BCUT2D eigenvalue weighted by atomic mass is 15.3. The van der Waals surface area contributed by atoms with Crippen LogP contribution in [0.4, 0.5) is 11.9 Å². The van der Waals surface area contributed by atoms with Crippen molar-refractivity contribution in [3.63, 3.8) is 0 Å². The minimum Gasteiger partial charge on any atom is -0.368 e. The van der Waals surface area contributed by atoms with Crippen LogP contribution in [-0.4, -0.2) is 31.0 Å². The maximum Gasteiger partial charge on any atom is 0.241 e. The molecule has 0 unspecified atom stereocenters. The molecule has 7 nitrogen and oxygen atoms in total. The van der Waals surface area contributed by atoms with Crippen molar-refractivity contribution in [1.29, 1.82) is 0 Å². The second-order valence-electron chi connectivity index (χ2n) is 5.82. The van der Waals surface area contributed by atoms with Crippen LogP contribution in [0.1, 0.15) is 27.7 Å². The molecule has 0 aliphatic heterocycles. The number of nitrogen functional groups attached to an aromatic ring is 1. The Bertz CT molecular complexity index is 555. The Morgan fingerprint density at radius 1 is 1.14 bits per heavy atom. The topological polar surface area (TPSA) is 94.5 Å². The smallest absolute Gasteiger partial charge is 0.241 e. The SMILES string of the molecule is CC(C)C(CNc1nc(N)nc(-n2ccnc2)n1)C(C)C. The fourth-order valence-corrected chi connectivity index (χ4v) is 2.40. The summed E-state index contributed by atoms with van der Waals surface area (Å²) in [5.74, 6) is 2.88. The molecule has 0 aromatic carbocycles. The second-order valence-corrected chi connectivity index (χ2v) is 5.82. The number of imidazole rings is 1. The Labute approximate surface area is 125 Å². The number of nitrogens with one attached hydrogen (secondary N) is 1. The van der Waals surface area contributed by atoms with Crippen LogP contribution in [0.3, 0.4) is 0 Å². The zero-order valence-corrected chi connectivity index (χ0v) is 13.0. The van der Waals surface area contributed by atoms with Crippen LogP contribution in [0.2, 0.25) is 0 Å². The van der Waals surface area contributed by atoms with Crippen LogP contribution in [0, 0.1) is 17.8 Å². The minimum atomic E-state index is 0.196. The number of hydrogen-bond donors (Lipinski definition) is 2.